The van der Waals surface area contributed by atoms with Crippen molar-refractivity contribution < 1.29 is 9.18 Å². The lowest BCUT2D eigenvalue weighted by Gasteiger charge is -2.36. The van der Waals surface area contributed by atoms with Crippen molar-refractivity contribution >= 4 is 23.2 Å². The number of aromatic nitrogens is 2. The minimum atomic E-state index is -0.439. The fourth-order valence-electron chi connectivity index (χ4n) is 3.19. The number of benzene rings is 1. The monoisotopic (exact) mass is 377 g/mol. The quantitative estimate of drug-likeness (QED) is 0.757. The number of hydrogen-bond acceptors (Lipinski definition) is 5. The molecule has 0 radical (unpaired) electrons. The van der Waals surface area contributed by atoms with Crippen molar-refractivity contribution in [3.05, 3.63) is 78.4 Å². The third kappa shape index (κ3) is 4.09. The molecule has 1 aliphatic heterocycles. The van der Waals surface area contributed by atoms with Gasteiger partial charge in [-0.15, -0.1) is 0 Å². The average molecular weight is 377 g/mol. The van der Waals surface area contributed by atoms with E-state index in [9.17, 15) is 9.18 Å². The van der Waals surface area contributed by atoms with E-state index in [1.54, 1.807) is 18.5 Å². The Labute approximate surface area is 162 Å². The van der Waals surface area contributed by atoms with Crippen LogP contribution in [-0.2, 0) is 0 Å². The van der Waals surface area contributed by atoms with Crippen LogP contribution in [0.5, 0.6) is 0 Å². The topological polar surface area (TPSA) is 61.4 Å². The van der Waals surface area contributed by atoms with Crippen LogP contribution in [0.3, 0.4) is 0 Å². The zero-order valence-corrected chi connectivity index (χ0v) is 15.3. The molecule has 142 valence electrons. The van der Waals surface area contributed by atoms with Gasteiger partial charge in [0, 0.05) is 37.9 Å². The first-order valence-electron chi connectivity index (χ1n) is 9.13. The summed E-state index contributed by atoms with van der Waals surface area (Å²) >= 11 is 0. The van der Waals surface area contributed by atoms with Crippen LogP contribution in [0.25, 0.3) is 0 Å². The summed E-state index contributed by atoms with van der Waals surface area (Å²) in [4.78, 5) is 25.5. The molecule has 0 atom stereocenters. The van der Waals surface area contributed by atoms with Crippen molar-refractivity contribution in [3.63, 3.8) is 0 Å². The first-order chi connectivity index (χ1) is 13.7. The Balaban J connectivity index is 1.35. The summed E-state index contributed by atoms with van der Waals surface area (Å²) < 4.78 is 13.3. The second kappa shape index (κ2) is 8.04. The molecule has 1 aromatic carbocycles. The predicted molar refractivity (Wildman–Crippen MR) is 107 cm³/mol. The van der Waals surface area contributed by atoms with Crippen LogP contribution in [0, 0.1) is 5.82 Å². The van der Waals surface area contributed by atoms with Gasteiger partial charge in [-0.2, -0.15) is 0 Å². The molecular formula is C21H20FN5O. The normalized spacial score (nSPS) is 14.0. The third-order valence-electron chi connectivity index (χ3n) is 4.67. The van der Waals surface area contributed by atoms with Gasteiger partial charge >= 0.3 is 0 Å². The molecule has 0 saturated carbocycles. The number of halogens is 1. The predicted octanol–water partition coefficient (Wildman–Crippen LogP) is 3.19. The van der Waals surface area contributed by atoms with E-state index in [1.807, 2.05) is 30.3 Å². The highest BCUT2D eigenvalue weighted by Gasteiger charge is 2.19. The third-order valence-corrected chi connectivity index (χ3v) is 4.67. The van der Waals surface area contributed by atoms with E-state index in [-0.39, 0.29) is 11.5 Å². The highest BCUT2D eigenvalue weighted by molar-refractivity contribution is 6.04. The highest BCUT2D eigenvalue weighted by Crippen LogP contribution is 2.19. The first-order valence-corrected chi connectivity index (χ1v) is 9.13. The van der Waals surface area contributed by atoms with E-state index in [4.69, 9.17) is 0 Å². The molecular weight excluding hydrogens is 357 g/mol. The van der Waals surface area contributed by atoms with Crippen molar-refractivity contribution in [2.45, 2.75) is 0 Å². The SMILES string of the molecule is O=C(Nc1ccc(N2CCN(c3ccccn3)CC2)nc1)c1cccc(F)c1. The average Bonchev–Trinajstić information content (AvgIpc) is 2.75. The fraction of sp³-hybridized carbons (Fsp3) is 0.190. The molecule has 1 aliphatic rings. The molecule has 28 heavy (non-hydrogen) atoms. The number of hydrogen-bond donors (Lipinski definition) is 1. The van der Waals surface area contributed by atoms with Crippen LogP contribution in [0.4, 0.5) is 21.7 Å². The van der Waals surface area contributed by atoms with Gasteiger partial charge in [0.2, 0.25) is 0 Å². The number of nitrogens with zero attached hydrogens (tertiary/aromatic N) is 4. The Hall–Kier alpha value is -3.48. The van der Waals surface area contributed by atoms with Crippen molar-refractivity contribution in [3.8, 4) is 0 Å². The summed E-state index contributed by atoms with van der Waals surface area (Å²) in [5, 5.41) is 2.74. The molecule has 0 aliphatic carbocycles. The Kier molecular flexibility index (Phi) is 5.14. The number of carbonyl (C=O) groups is 1. The lowest BCUT2D eigenvalue weighted by atomic mass is 10.2. The largest absolute Gasteiger partial charge is 0.353 e. The molecule has 0 spiro atoms. The van der Waals surface area contributed by atoms with Gasteiger partial charge in [0.1, 0.15) is 17.5 Å². The van der Waals surface area contributed by atoms with Crippen molar-refractivity contribution in [2.75, 3.05) is 41.3 Å². The molecule has 0 unspecified atom stereocenters. The molecule has 1 saturated heterocycles. The fourth-order valence-corrected chi connectivity index (χ4v) is 3.19. The van der Waals surface area contributed by atoms with Gasteiger partial charge < -0.3 is 15.1 Å². The standard InChI is InChI=1S/C21H20FN5O/c22-17-5-3-4-16(14-17)21(28)25-18-7-8-20(24-15-18)27-12-10-26(11-13-27)19-6-1-2-9-23-19/h1-9,14-15H,10-13H2,(H,25,28). The molecule has 1 N–H and O–H groups in total. The van der Waals surface area contributed by atoms with Gasteiger partial charge in [0.15, 0.2) is 0 Å². The van der Waals surface area contributed by atoms with E-state index in [1.165, 1.54) is 18.2 Å². The Morgan fingerprint density at radius 3 is 2.25 bits per heavy atom. The van der Waals surface area contributed by atoms with Gasteiger partial charge in [-0.05, 0) is 42.5 Å². The number of nitrogens with one attached hydrogen (secondary N) is 1. The second-order valence-electron chi connectivity index (χ2n) is 6.53. The summed E-state index contributed by atoms with van der Waals surface area (Å²) in [5.41, 5.74) is 0.847. The van der Waals surface area contributed by atoms with Crippen LogP contribution in [-0.4, -0.2) is 42.1 Å². The number of amides is 1. The van der Waals surface area contributed by atoms with Crippen LogP contribution in [0.1, 0.15) is 10.4 Å². The smallest absolute Gasteiger partial charge is 0.255 e. The maximum Gasteiger partial charge on any atom is 0.255 e. The zero-order valence-electron chi connectivity index (χ0n) is 15.3. The summed E-state index contributed by atoms with van der Waals surface area (Å²) in [5.74, 6) is 1.05. The molecule has 7 heteroatoms. The summed E-state index contributed by atoms with van der Waals surface area (Å²) in [6, 6.07) is 15.2. The second-order valence-corrected chi connectivity index (χ2v) is 6.53. The molecule has 1 fully saturated rings. The van der Waals surface area contributed by atoms with E-state index in [0.717, 1.165) is 37.8 Å². The van der Waals surface area contributed by atoms with Crippen molar-refractivity contribution in [1.29, 1.82) is 0 Å². The Morgan fingerprint density at radius 1 is 0.893 bits per heavy atom. The Morgan fingerprint density at radius 2 is 1.64 bits per heavy atom. The minimum absolute atomic E-state index is 0.273. The van der Waals surface area contributed by atoms with Gasteiger partial charge in [-0.1, -0.05) is 12.1 Å². The van der Waals surface area contributed by atoms with E-state index in [0.29, 0.717) is 5.69 Å². The van der Waals surface area contributed by atoms with Gasteiger partial charge in [0.25, 0.3) is 5.91 Å². The maximum absolute atomic E-state index is 13.3. The van der Waals surface area contributed by atoms with Crippen LogP contribution >= 0.6 is 0 Å². The molecule has 3 heterocycles. The van der Waals surface area contributed by atoms with Gasteiger partial charge in [-0.25, -0.2) is 14.4 Å². The van der Waals surface area contributed by atoms with Crippen LogP contribution in [0.15, 0.2) is 67.0 Å². The Bertz CT molecular complexity index is 941. The van der Waals surface area contributed by atoms with Crippen molar-refractivity contribution in [1.82, 2.24) is 9.97 Å². The maximum atomic E-state index is 13.3. The lowest BCUT2D eigenvalue weighted by molar-refractivity contribution is 0.102. The van der Waals surface area contributed by atoms with Crippen LogP contribution in [0.2, 0.25) is 0 Å². The zero-order chi connectivity index (χ0) is 19.3. The summed E-state index contributed by atoms with van der Waals surface area (Å²) in [7, 11) is 0. The number of rotatable bonds is 4. The van der Waals surface area contributed by atoms with Gasteiger partial charge in [-0.3, -0.25) is 4.79 Å². The van der Waals surface area contributed by atoms with E-state index >= 15 is 0 Å². The van der Waals surface area contributed by atoms with Crippen molar-refractivity contribution in [2.24, 2.45) is 0 Å². The van der Waals surface area contributed by atoms with Crippen LogP contribution < -0.4 is 15.1 Å². The minimum Gasteiger partial charge on any atom is -0.353 e. The summed E-state index contributed by atoms with van der Waals surface area (Å²) in [6.07, 6.45) is 3.43. The molecule has 2 aromatic heterocycles. The number of piperazine rings is 1. The van der Waals surface area contributed by atoms with Gasteiger partial charge in [0.05, 0.1) is 11.9 Å². The lowest BCUT2D eigenvalue weighted by Crippen LogP contribution is -2.47. The molecule has 0 bridgehead atoms. The molecule has 4 rings (SSSR count). The summed E-state index contributed by atoms with van der Waals surface area (Å²) in [6.45, 7) is 3.44. The van der Waals surface area contributed by atoms with E-state index < -0.39 is 5.82 Å². The number of carbonyl (C=O) groups excluding carboxylic acids is 1. The van der Waals surface area contributed by atoms with E-state index in [2.05, 4.69) is 25.1 Å². The molecule has 1 amide bonds. The first kappa shape index (κ1) is 17.9. The number of pyridine rings is 2. The molecule has 3 aromatic rings. The number of anilines is 3. The molecule has 6 nitrogen and oxygen atoms in total. The highest BCUT2D eigenvalue weighted by atomic mass is 19.1.